The molecular weight excluding hydrogens is 216 g/mol. The normalized spacial score (nSPS) is 11.4. The molecule has 0 spiro atoms. The summed E-state index contributed by atoms with van der Waals surface area (Å²) in [6.45, 7) is 2.11. The number of H-pyrrole nitrogens is 2. The lowest BCUT2D eigenvalue weighted by molar-refractivity contribution is 0.962. The monoisotopic (exact) mass is 230 g/mol. The van der Waals surface area contributed by atoms with Crippen LogP contribution in [0.15, 0.2) is 33.9 Å². The number of allylic oxidation sites excluding steroid dienone is 1. The van der Waals surface area contributed by atoms with Gasteiger partial charge in [0.05, 0.1) is 10.9 Å². The first-order chi connectivity index (χ1) is 8.20. The van der Waals surface area contributed by atoms with Gasteiger partial charge in [-0.2, -0.15) is 0 Å². The number of hydrogen-bond acceptors (Lipinski definition) is 2. The van der Waals surface area contributed by atoms with Crippen molar-refractivity contribution in [3.63, 3.8) is 0 Å². The molecule has 0 saturated carbocycles. The molecule has 0 fully saturated rings. The van der Waals surface area contributed by atoms with Gasteiger partial charge in [0, 0.05) is 0 Å². The van der Waals surface area contributed by atoms with Gasteiger partial charge >= 0.3 is 5.69 Å². The molecule has 0 bridgehead atoms. The first-order valence-corrected chi connectivity index (χ1v) is 5.63. The summed E-state index contributed by atoms with van der Waals surface area (Å²) in [5.74, 6) is 0. The molecule has 4 nitrogen and oxygen atoms in total. The maximum atomic E-state index is 11.5. The molecule has 0 saturated heterocycles. The third-order valence-corrected chi connectivity index (χ3v) is 2.53. The number of benzene rings is 1. The molecule has 17 heavy (non-hydrogen) atoms. The highest BCUT2D eigenvalue weighted by Crippen LogP contribution is 2.10. The van der Waals surface area contributed by atoms with Gasteiger partial charge in [-0.25, -0.2) is 4.79 Å². The Morgan fingerprint density at radius 3 is 2.82 bits per heavy atom. The molecule has 0 amide bonds. The highest BCUT2D eigenvalue weighted by molar-refractivity contribution is 5.79. The Labute approximate surface area is 98.0 Å². The Morgan fingerprint density at radius 2 is 2.06 bits per heavy atom. The van der Waals surface area contributed by atoms with Gasteiger partial charge in [0.25, 0.3) is 5.56 Å². The third-order valence-electron chi connectivity index (χ3n) is 2.53. The Bertz CT molecular complexity index is 665. The third kappa shape index (κ3) is 2.53. The summed E-state index contributed by atoms with van der Waals surface area (Å²) in [5, 5.41) is 0.497. The largest absolute Gasteiger partial charge is 0.326 e. The van der Waals surface area contributed by atoms with E-state index >= 15 is 0 Å². The maximum Gasteiger partial charge on any atom is 0.326 e. The van der Waals surface area contributed by atoms with E-state index in [1.54, 1.807) is 12.1 Å². The van der Waals surface area contributed by atoms with E-state index in [0.29, 0.717) is 10.9 Å². The van der Waals surface area contributed by atoms with Crippen molar-refractivity contribution in [3.05, 3.63) is 50.7 Å². The molecular formula is C13H14N2O2. The summed E-state index contributed by atoms with van der Waals surface area (Å²) in [6.07, 6.45) is 6.18. The van der Waals surface area contributed by atoms with Crippen molar-refractivity contribution in [1.82, 2.24) is 9.97 Å². The van der Waals surface area contributed by atoms with Crippen LogP contribution in [0.2, 0.25) is 0 Å². The minimum atomic E-state index is -0.475. The highest BCUT2D eigenvalue weighted by Gasteiger charge is 2.00. The van der Waals surface area contributed by atoms with E-state index in [1.165, 1.54) is 0 Å². The standard InChI is InChI=1S/C13H14N2O2/c1-2-3-4-5-9-6-7-10-11(8-9)14-13(17)15-12(10)16/h4-8H,2-3H2,1H3,(H2,14,15,16,17)/b5-4+. The Balaban J connectivity index is 2.50. The predicted octanol–water partition coefficient (Wildman–Crippen LogP) is 2.03. The molecule has 0 aliphatic rings. The van der Waals surface area contributed by atoms with Gasteiger partial charge in [0.2, 0.25) is 0 Å². The lowest BCUT2D eigenvalue weighted by Gasteiger charge is -1.98. The van der Waals surface area contributed by atoms with Crippen molar-refractivity contribution >= 4 is 17.0 Å². The zero-order valence-corrected chi connectivity index (χ0v) is 9.62. The van der Waals surface area contributed by atoms with E-state index in [4.69, 9.17) is 0 Å². The van der Waals surface area contributed by atoms with E-state index in [2.05, 4.69) is 23.0 Å². The molecule has 2 rings (SSSR count). The van der Waals surface area contributed by atoms with E-state index in [0.717, 1.165) is 18.4 Å². The van der Waals surface area contributed by atoms with Crippen LogP contribution < -0.4 is 11.2 Å². The molecule has 1 heterocycles. The summed E-state index contributed by atoms with van der Waals surface area (Å²) < 4.78 is 0. The zero-order chi connectivity index (χ0) is 12.3. The second kappa shape index (κ2) is 4.82. The van der Waals surface area contributed by atoms with Crippen LogP contribution >= 0.6 is 0 Å². The lowest BCUT2D eigenvalue weighted by Crippen LogP contribution is -2.21. The van der Waals surface area contributed by atoms with E-state index in [9.17, 15) is 9.59 Å². The summed E-state index contributed by atoms with van der Waals surface area (Å²) in [6, 6.07) is 5.38. The Kier molecular flexibility index (Phi) is 3.23. The second-order valence-electron chi connectivity index (χ2n) is 3.90. The van der Waals surface area contributed by atoms with E-state index < -0.39 is 5.69 Å². The van der Waals surface area contributed by atoms with Crippen LogP contribution in [0.4, 0.5) is 0 Å². The topological polar surface area (TPSA) is 65.7 Å². The minimum Gasteiger partial charge on any atom is -0.307 e. The fraction of sp³-hybridized carbons (Fsp3) is 0.231. The van der Waals surface area contributed by atoms with Gasteiger partial charge in [0.15, 0.2) is 0 Å². The lowest BCUT2D eigenvalue weighted by atomic mass is 10.1. The molecule has 2 aromatic rings. The molecule has 1 aromatic carbocycles. The number of nitrogens with one attached hydrogen (secondary N) is 2. The van der Waals surface area contributed by atoms with Gasteiger partial charge in [0.1, 0.15) is 0 Å². The van der Waals surface area contributed by atoms with Crippen LogP contribution in [0.5, 0.6) is 0 Å². The molecule has 0 unspecified atom stereocenters. The number of aromatic nitrogens is 2. The predicted molar refractivity (Wildman–Crippen MR) is 69.1 cm³/mol. The number of hydrogen-bond donors (Lipinski definition) is 2. The van der Waals surface area contributed by atoms with Gasteiger partial charge in [-0.3, -0.25) is 9.78 Å². The van der Waals surface area contributed by atoms with Gasteiger partial charge in [-0.1, -0.05) is 31.6 Å². The van der Waals surface area contributed by atoms with E-state index in [1.807, 2.05) is 12.1 Å². The van der Waals surface area contributed by atoms with Gasteiger partial charge in [-0.15, -0.1) is 0 Å². The zero-order valence-electron chi connectivity index (χ0n) is 9.62. The Morgan fingerprint density at radius 1 is 1.24 bits per heavy atom. The number of unbranched alkanes of at least 4 members (excludes halogenated alkanes) is 1. The molecule has 88 valence electrons. The average Bonchev–Trinajstić information content (AvgIpc) is 2.28. The minimum absolute atomic E-state index is 0.354. The molecule has 2 N–H and O–H groups in total. The first-order valence-electron chi connectivity index (χ1n) is 5.63. The smallest absolute Gasteiger partial charge is 0.307 e. The van der Waals surface area contributed by atoms with Crippen LogP contribution in [0.3, 0.4) is 0 Å². The van der Waals surface area contributed by atoms with Gasteiger partial charge in [-0.05, 0) is 24.1 Å². The Hall–Kier alpha value is -2.10. The van der Waals surface area contributed by atoms with Crippen LogP contribution in [0.25, 0.3) is 17.0 Å². The molecule has 0 aliphatic heterocycles. The molecule has 0 atom stereocenters. The van der Waals surface area contributed by atoms with Crippen LogP contribution in [0.1, 0.15) is 25.3 Å². The quantitative estimate of drug-likeness (QED) is 0.847. The number of rotatable bonds is 3. The first kappa shape index (κ1) is 11.4. The van der Waals surface area contributed by atoms with Crippen LogP contribution in [-0.4, -0.2) is 9.97 Å². The number of fused-ring (bicyclic) bond motifs is 1. The molecule has 4 heteroatoms. The summed E-state index contributed by atoms with van der Waals surface area (Å²) >= 11 is 0. The van der Waals surface area contributed by atoms with Crippen LogP contribution in [-0.2, 0) is 0 Å². The average molecular weight is 230 g/mol. The number of aromatic amines is 2. The summed E-state index contributed by atoms with van der Waals surface area (Å²) in [7, 11) is 0. The van der Waals surface area contributed by atoms with Crippen molar-refractivity contribution in [1.29, 1.82) is 0 Å². The highest BCUT2D eigenvalue weighted by atomic mass is 16.2. The summed E-state index contributed by atoms with van der Waals surface area (Å²) in [5.41, 5.74) is 0.717. The summed E-state index contributed by atoms with van der Waals surface area (Å²) in [4.78, 5) is 27.4. The molecule has 0 radical (unpaired) electrons. The van der Waals surface area contributed by atoms with Crippen molar-refractivity contribution in [3.8, 4) is 0 Å². The van der Waals surface area contributed by atoms with Crippen molar-refractivity contribution < 1.29 is 0 Å². The molecule has 1 aromatic heterocycles. The fourth-order valence-corrected chi connectivity index (χ4v) is 1.68. The van der Waals surface area contributed by atoms with Crippen LogP contribution in [0, 0.1) is 0 Å². The van der Waals surface area contributed by atoms with E-state index in [-0.39, 0.29) is 5.56 Å². The van der Waals surface area contributed by atoms with Crippen molar-refractivity contribution in [2.45, 2.75) is 19.8 Å². The van der Waals surface area contributed by atoms with Crippen molar-refractivity contribution in [2.24, 2.45) is 0 Å². The SMILES string of the molecule is CCC/C=C/c1ccc2c(=O)[nH]c(=O)[nH]c2c1. The fourth-order valence-electron chi connectivity index (χ4n) is 1.68. The second-order valence-corrected chi connectivity index (χ2v) is 3.90. The maximum absolute atomic E-state index is 11.5. The van der Waals surface area contributed by atoms with Gasteiger partial charge < -0.3 is 4.98 Å². The van der Waals surface area contributed by atoms with Crippen molar-refractivity contribution in [2.75, 3.05) is 0 Å². The molecule has 0 aliphatic carbocycles.